The lowest BCUT2D eigenvalue weighted by Gasteiger charge is -2.39. The first kappa shape index (κ1) is 16.3. The van der Waals surface area contributed by atoms with Gasteiger partial charge in [0.25, 0.3) is 0 Å². The molecule has 0 aromatic carbocycles. The fourth-order valence-corrected chi connectivity index (χ4v) is 5.42. The summed E-state index contributed by atoms with van der Waals surface area (Å²) in [6, 6.07) is 0.631. The van der Waals surface area contributed by atoms with Crippen molar-refractivity contribution in [2.75, 3.05) is 14.1 Å². The molecule has 1 aliphatic carbocycles. The molecule has 0 unspecified atom stereocenters. The lowest BCUT2D eigenvalue weighted by molar-refractivity contribution is 0.172. The molecule has 120 valence electrons. The first-order valence-corrected chi connectivity index (χ1v) is 9.45. The van der Waals surface area contributed by atoms with E-state index in [0.717, 1.165) is 52.5 Å². The summed E-state index contributed by atoms with van der Waals surface area (Å²) >= 11 is 5.50. The maximum absolute atomic E-state index is 6.80. The minimum atomic E-state index is -0.331. The van der Waals surface area contributed by atoms with Gasteiger partial charge in [-0.3, -0.25) is 0 Å². The second-order valence-electron chi connectivity index (χ2n) is 6.45. The maximum atomic E-state index is 6.80. The lowest BCUT2D eigenvalue weighted by Crippen LogP contribution is -2.45. The predicted molar refractivity (Wildman–Crippen MR) is 96.3 cm³/mol. The van der Waals surface area contributed by atoms with Gasteiger partial charge in [-0.1, -0.05) is 6.92 Å². The topological polar surface area (TPSA) is 55.0 Å². The van der Waals surface area contributed by atoms with Crippen LogP contribution in [0.3, 0.4) is 0 Å². The van der Waals surface area contributed by atoms with Crippen LogP contribution in [0.5, 0.6) is 0 Å². The van der Waals surface area contributed by atoms with E-state index in [9.17, 15) is 0 Å². The number of nitrogens with two attached hydrogens (primary N) is 1. The Balaban J connectivity index is 2.01. The Hall–Kier alpha value is -0.560. The maximum Gasteiger partial charge on any atom is 0.128 e. The zero-order chi connectivity index (χ0) is 15.9. The summed E-state index contributed by atoms with van der Waals surface area (Å²) in [6.45, 7) is 2.17. The molecule has 0 aliphatic heterocycles. The third-order valence-electron chi connectivity index (χ3n) is 4.87. The second kappa shape index (κ2) is 6.15. The minimum Gasteiger partial charge on any atom is -0.320 e. The van der Waals surface area contributed by atoms with Crippen LogP contribution in [-0.2, 0) is 12.0 Å². The molecule has 0 radical (unpaired) electrons. The van der Waals surface area contributed by atoms with Crippen molar-refractivity contribution in [3.8, 4) is 0 Å². The van der Waals surface area contributed by atoms with Crippen molar-refractivity contribution in [2.24, 2.45) is 5.73 Å². The SMILES string of the molecule is CCc1sc2ncnc(C3(N)CCC(N(C)C)CC3)c2c1Br. The Labute approximate surface area is 144 Å². The van der Waals surface area contributed by atoms with E-state index in [1.54, 1.807) is 17.7 Å². The average Bonchev–Trinajstić information content (AvgIpc) is 2.84. The van der Waals surface area contributed by atoms with Gasteiger partial charge in [0.2, 0.25) is 0 Å². The summed E-state index contributed by atoms with van der Waals surface area (Å²) in [6.07, 6.45) is 6.88. The van der Waals surface area contributed by atoms with Crippen LogP contribution in [0.25, 0.3) is 10.2 Å². The van der Waals surface area contributed by atoms with Crippen molar-refractivity contribution in [2.45, 2.75) is 50.6 Å². The first-order chi connectivity index (χ1) is 10.5. The number of rotatable bonds is 3. The molecular weight excluding hydrogens is 360 g/mol. The van der Waals surface area contributed by atoms with E-state index in [-0.39, 0.29) is 5.54 Å². The van der Waals surface area contributed by atoms with Gasteiger partial charge in [-0.25, -0.2) is 9.97 Å². The minimum absolute atomic E-state index is 0.331. The molecule has 3 rings (SSSR count). The molecule has 2 aromatic heterocycles. The quantitative estimate of drug-likeness (QED) is 0.879. The van der Waals surface area contributed by atoms with Gasteiger partial charge in [-0.05, 0) is 62.1 Å². The number of aryl methyl sites for hydroxylation is 1. The molecule has 2 N–H and O–H groups in total. The third kappa shape index (κ3) is 2.70. The van der Waals surface area contributed by atoms with Gasteiger partial charge >= 0.3 is 0 Å². The van der Waals surface area contributed by atoms with Crippen LogP contribution in [0.4, 0.5) is 0 Å². The van der Waals surface area contributed by atoms with Gasteiger partial charge in [0.15, 0.2) is 0 Å². The monoisotopic (exact) mass is 382 g/mol. The number of nitrogens with zero attached hydrogens (tertiary/aromatic N) is 3. The van der Waals surface area contributed by atoms with Gasteiger partial charge in [0.05, 0.1) is 11.2 Å². The number of aromatic nitrogens is 2. The van der Waals surface area contributed by atoms with Gasteiger partial charge in [-0.2, -0.15) is 0 Å². The van der Waals surface area contributed by atoms with Crippen molar-refractivity contribution in [3.05, 3.63) is 21.4 Å². The summed E-state index contributed by atoms with van der Waals surface area (Å²) in [5.74, 6) is 0. The number of halogens is 1. The van der Waals surface area contributed by atoms with Gasteiger partial charge in [-0.15, -0.1) is 11.3 Å². The Morgan fingerprint density at radius 1 is 1.36 bits per heavy atom. The van der Waals surface area contributed by atoms with E-state index in [2.05, 4.69) is 51.8 Å². The summed E-state index contributed by atoms with van der Waals surface area (Å²) < 4.78 is 1.14. The molecule has 0 bridgehead atoms. The van der Waals surface area contributed by atoms with Crippen molar-refractivity contribution in [1.82, 2.24) is 14.9 Å². The molecule has 0 saturated heterocycles. The van der Waals surface area contributed by atoms with Crippen molar-refractivity contribution in [3.63, 3.8) is 0 Å². The first-order valence-electron chi connectivity index (χ1n) is 7.84. The predicted octanol–water partition coefficient (Wildman–Crippen LogP) is 3.67. The van der Waals surface area contributed by atoms with E-state index in [1.807, 2.05) is 0 Å². The molecule has 2 heterocycles. The summed E-state index contributed by atoms with van der Waals surface area (Å²) in [5, 5.41) is 1.13. The van der Waals surface area contributed by atoms with Gasteiger partial charge in [0, 0.05) is 20.8 Å². The molecule has 4 nitrogen and oxygen atoms in total. The van der Waals surface area contributed by atoms with Crippen LogP contribution in [0.1, 0.15) is 43.2 Å². The molecule has 1 aliphatic rings. The van der Waals surface area contributed by atoms with Crippen molar-refractivity contribution >= 4 is 37.5 Å². The smallest absolute Gasteiger partial charge is 0.128 e. The molecule has 0 atom stereocenters. The Bertz CT molecular complexity index is 674. The highest BCUT2D eigenvalue weighted by molar-refractivity contribution is 9.10. The van der Waals surface area contributed by atoms with E-state index in [4.69, 9.17) is 5.73 Å². The summed E-state index contributed by atoms with van der Waals surface area (Å²) in [7, 11) is 4.31. The van der Waals surface area contributed by atoms with Gasteiger partial charge in [0.1, 0.15) is 11.2 Å². The zero-order valence-corrected chi connectivity index (χ0v) is 15.8. The van der Waals surface area contributed by atoms with E-state index in [0.29, 0.717) is 6.04 Å². The van der Waals surface area contributed by atoms with Crippen LogP contribution in [-0.4, -0.2) is 35.0 Å². The molecule has 1 saturated carbocycles. The molecule has 0 spiro atoms. The normalized spacial score (nSPS) is 26.0. The number of thiophene rings is 1. The fourth-order valence-electron chi connectivity index (χ4n) is 3.42. The Kier molecular flexibility index (Phi) is 4.56. The van der Waals surface area contributed by atoms with Crippen molar-refractivity contribution < 1.29 is 0 Å². The molecule has 22 heavy (non-hydrogen) atoms. The van der Waals surface area contributed by atoms with Crippen molar-refractivity contribution in [1.29, 1.82) is 0 Å². The van der Waals surface area contributed by atoms with E-state index >= 15 is 0 Å². The number of fused-ring (bicyclic) bond motifs is 1. The summed E-state index contributed by atoms with van der Waals surface area (Å²) in [5.41, 5.74) is 7.50. The average molecular weight is 383 g/mol. The summed E-state index contributed by atoms with van der Waals surface area (Å²) in [4.78, 5) is 13.7. The van der Waals surface area contributed by atoms with Crippen LogP contribution >= 0.6 is 27.3 Å². The molecule has 2 aromatic rings. The molecule has 6 heteroatoms. The van der Waals surface area contributed by atoms with Crippen LogP contribution < -0.4 is 5.73 Å². The largest absolute Gasteiger partial charge is 0.320 e. The number of hydrogen-bond acceptors (Lipinski definition) is 5. The lowest BCUT2D eigenvalue weighted by atomic mass is 9.77. The Morgan fingerprint density at radius 3 is 2.64 bits per heavy atom. The standard InChI is InChI=1S/C16H23BrN4S/c1-4-11-13(17)12-14(19-9-20-15(12)22-11)16(18)7-5-10(6-8-16)21(2)3/h9-10H,4-8,18H2,1-3H3. The molecule has 0 amide bonds. The van der Waals surface area contributed by atoms with Crippen LogP contribution in [0, 0.1) is 0 Å². The zero-order valence-electron chi connectivity index (χ0n) is 13.4. The molecular formula is C16H23BrN4S. The Morgan fingerprint density at radius 2 is 2.05 bits per heavy atom. The fraction of sp³-hybridized carbons (Fsp3) is 0.625. The van der Waals surface area contributed by atoms with Gasteiger partial charge < -0.3 is 10.6 Å². The second-order valence-corrected chi connectivity index (χ2v) is 8.32. The van der Waals surface area contributed by atoms with E-state index < -0.39 is 0 Å². The highest BCUT2D eigenvalue weighted by Gasteiger charge is 2.37. The highest BCUT2D eigenvalue weighted by Crippen LogP contribution is 2.43. The van der Waals surface area contributed by atoms with Crippen LogP contribution in [0.15, 0.2) is 10.8 Å². The van der Waals surface area contributed by atoms with E-state index in [1.165, 1.54) is 4.88 Å². The molecule has 1 fully saturated rings. The third-order valence-corrected chi connectivity index (χ3v) is 7.25. The van der Waals surface area contributed by atoms with Crippen LogP contribution in [0.2, 0.25) is 0 Å². The highest BCUT2D eigenvalue weighted by atomic mass is 79.9. The number of hydrogen-bond donors (Lipinski definition) is 1.